The highest BCUT2D eigenvalue weighted by atomic mass is 35.5. The lowest BCUT2D eigenvalue weighted by Gasteiger charge is -2.14. The molecule has 10 heteroatoms. The van der Waals surface area contributed by atoms with Crippen molar-refractivity contribution in [2.45, 2.75) is 0 Å². The molecule has 0 unspecified atom stereocenters. The first kappa shape index (κ1) is 19.4. The van der Waals surface area contributed by atoms with E-state index < -0.39 is 28.0 Å². The molecule has 0 atom stereocenters. The minimum absolute atomic E-state index is 0.200. The van der Waals surface area contributed by atoms with E-state index in [1.807, 2.05) is 0 Å². The third kappa shape index (κ3) is 3.69. The van der Waals surface area contributed by atoms with E-state index in [2.05, 4.69) is 5.32 Å². The molecule has 1 amide bonds. The molecule has 0 saturated carbocycles. The van der Waals surface area contributed by atoms with Crippen LogP contribution in [0.25, 0.3) is 0 Å². The van der Waals surface area contributed by atoms with E-state index in [0.717, 1.165) is 0 Å². The van der Waals surface area contributed by atoms with E-state index in [1.54, 1.807) is 0 Å². The molecule has 2 N–H and O–H groups in total. The number of rotatable bonds is 3. The highest BCUT2D eigenvalue weighted by Gasteiger charge is 2.28. The molecule has 0 spiro atoms. The average molecular weight is 448 g/mol. The molecule has 2 aromatic carbocycles. The maximum Gasteiger partial charge on any atom is 0.338 e. The third-order valence-electron chi connectivity index (χ3n) is 2.89. The maximum atomic E-state index is 12.5. The van der Waals surface area contributed by atoms with Crippen LogP contribution in [0.3, 0.4) is 0 Å². The van der Waals surface area contributed by atoms with Crippen LogP contribution >= 0.6 is 69.6 Å². The van der Waals surface area contributed by atoms with Gasteiger partial charge in [-0.1, -0.05) is 69.6 Å². The number of carboxylic acids is 1. The van der Waals surface area contributed by atoms with Crippen molar-refractivity contribution in [3.63, 3.8) is 0 Å². The second-order valence-electron chi connectivity index (χ2n) is 4.39. The summed E-state index contributed by atoms with van der Waals surface area (Å²) in [5.41, 5.74) is -0.715. The summed E-state index contributed by atoms with van der Waals surface area (Å²) in [6.07, 6.45) is 0. The zero-order chi connectivity index (χ0) is 18.2. The standard InChI is InChI=1S/C14H5Cl6NO3/c15-5-2-1-4(3-6(5)16)21-13(22)7-8(14(23)24)10(18)12(20)11(19)9(7)17/h1-3H,(H,21,22)(H,23,24). The predicted molar refractivity (Wildman–Crippen MR) is 97.9 cm³/mol. The fourth-order valence-electron chi connectivity index (χ4n) is 1.81. The summed E-state index contributed by atoms with van der Waals surface area (Å²) in [4.78, 5) is 23.9. The normalized spacial score (nSPS) is 10.6. The van der Waals surface area contributed by atoms with Gasteiger partial charge in [-0.2, -0.15) is 0 Å². The van der Waals surface area contributed by atoms with E-state index in [1.165, 1.54) is 18.2 Å². The number of nitrogens with one attached hydrogen (secondary N) is 1. The summed E-state index contributed by atoms with van der Waals surface area (Å²) < 4.78 is 0. The Morgan fingerprint density at radius 3 is 1.83 bits per heavy atom. The number of benzene rings is 2. The molecule has 0 aliphatic heterocycles. The summed E-state index contributed by atoms with van der Waals surface area (Å²) >= 11 is 35.3. The zero-order valence-corrected chi connectivity index (χ0v) is 15.8. The largest absolute Gasteiger partial charge is 0.478 e. The van der Waals surface area contributed by atoms with Crippen LogP contribution in [0.2, 0.25) is 30.1 Å². The maximum absolute atomic E-state index is 12.5. The molecular weight excluding hydrogens is 443 g/mol. The van der Waals surface area contributed by atoms with Gasteiger partial charge in [-0.3, -0.25) is 4.79 Å². The number of carbonyl (C=O) groups excluding carboxylic acids is 1. The highest BCUT2D eigenvalue weighted by Crippen LogP contribution is 2.41. The molecule has 0 heterocycles. The molecule has 0 saturated heterocycles. The average Bonchev–Trinajstić information content (AvgIpc) is 2.51. The highest BCUT2D eigenvalue weighted by molar-refractivity contribution is 6.54. The Hall–Kier alpha value is -0.880. The number of halogens is 6. The summed E-state index contributed by atoms with van der Waals surface area (Å²) in [7, 11) is 0. The molecule has 0 bridgehead atoms. The van der Waals surface area contributed by atoms with Gasteiger partial charge in [0.1, 0.15) is 0 Å². The summed E-state index contributed by atoms with van der Waals surface area (Å²) in [5.74, 6) is -2.34. The lowest BCUT2D eigenvalue weighted by molar-refractivity contribution is 0.0692. The summed E-state index contributed by atoms with van der Waals surface area (Å²) in [5, 5.41) is 11.0. The van der Waals surface area contributed by atoms with Gasteiger partial charge < -0.3 is 10.4 Å². The van der Waals surface area contributed by atoms with Crippen molar-refractivity contribution < 1.29 is 14.7 Å². The SMILES string of the molecule is O=C(O)c1c(Cl)c(Cl)c(Cl)c(Cl)c1C(=O)Nc1ccc(Cl)c(Cl)c1. The van der Waals surface area contributed by atoms with Crippen LogP contribution < -0.4 is 5.32 Å². The Labute approximate surface area is 166 Å². The third-order valence-corrected chi connectivity index (χ3v) is 5.43. The van der Waals surface area contributed by atoms with Crippen molar-refractivity contribution in [1.29, 1.82) is 0 Å². The Morgan fingerprint density at radius 1 is 0.792 bits per heavy atom. The number of carbonyl (C=O) groups is 2. The van der Waals surface area contributed by atoms with Crippen molar-refractivity contribution in [1.82, 2.24) is 0 Å². The first-order chi connectivity index (χ1) is 11.1. The molecule has 0 aromatic heterocycles. The van der Waals surface area contributed by atoms with E-state index in [-0.39, 0.29) is 30.8 Å². The molecule has 0 fully saturated rings. The van der Waals surface area contributed by atoms with Crippen LogP contribution in [0.5, 0.6) is 0 Å². The molecule has 2 rings (SSSR count). The van der Waals surface area contributed by atoms with Gasteiger partial charge in [0.2, 0.25) is 0 Å². The number of hydrogen-bond donors (Lipinski definition) is 2. The Kier molecular flexibility index (Phi) is 6.13. The topological polar surface area (TPSA) is 66.4 Å². The molecule has 0 radical (unpaired) electrons. The van der Waals surface area contributed by atoms with E-state index in [4.69, 9.17) is 69.6 Å². The van der Waals surface area contributed by atoms with E-state index in [0.29, 0.717) is 0 Å². The number of hydrogen-bond acceptors (Lipinski definition) is 2. The van der Waals surface area contributed by atoms with Gasteiger partial charge in [0.25, 0.3) is 5.91 Å². The van der Waals surface area contributed by atoms with Crippen molar-refractivity contribution in [2.24, 2.45) is 0 Å². The molecule has 0 aliphatic carbocycles. The monoisotopic (exact) mass is 445 g/mol. The molecule has 2 aromatic rings. The minimum atomic E-state index is -1.49. The first-order valence-corrected chi connectivity index (χ1v) is 8.27. The van der Waals surface area contributed by atoms with Crippen molar-refractivity contribution in [3.8, 4) is 0 Å². The second kappa shape index (κ2) is 7.56. The molecule has 0 aliphatic rings. The quantitative estimate of drug-likeness (QED) is 0.413. The Bertz CT molecular complexity index is 868. The van der Waals surface area contributed by atoms with Gasteiger partial charge in [-0.25, -0.2) is 4.79 Å². The fourth-order valence-corrected chi connectivity index (χ4v) is 3.13. The lowest BCUT2D eigenvalue weighted by Crippen LogP contribution is -2.18. The summed E-state index contributed by atoms with van der Waals surface area (Å²) in [6, 6.07) is 4.32. The molecular formula is C14H5Cl6NO3. The van der Waals surface area contributed by atoms with Gasteiger partial charge in [-0.15, -0.1) is 0 Å². The van der Waals surface area contributed by atoms with Crippen molar-refractivity contribution in [2.75, 3.05) is 5.32 Å². The number of anilines is 1. The van der Waals surface area contributed by atoms with E-state index >= 15 is 0 Å². The molecule has 4 nitrogen and oxygen atoms in total. The van der Waals surface area contributed by atoms with Crippen molar-refractivity contribution >= 4 is 87.2 Å². The Balaban J connectivity index is 2.56. The lowest BCUT2D eigenvalue weighted by atomic mass is 10.1. The summed E-state index contributed by atoms with van der Waals surface area (Å²) in [6.45, 7) is 0. The van der Waals surface area contributed by atoms with Crippen LogP contribution in [0.4, 0.5) is 5.69 Å². The van der Waals surface area contributed by atoms with Gasteiger partial charge in [0.05, 0.1) is 41.3 Å². The van der Waals surface area contributed by atoms with Crippen LogP contribution in [-0.2, 0) is 0 Å². The van der Waals surface area contributed by atoms with Gasteiger partial charge in [-0.05, 0) is 18.2 Å². The first-order valence-electron chi connectivity index (χ1n) is 6.00. The number of carboxylic acid groups (broad SMARTS) is 1. The minimum Gasteiger partial charge on any atom is -0.478 e. The number of aromatic carboxylic acids is 1. The van der Waals surface area contributed by atoms with Crippen LogP contribution in [0.15, 0.2) is 18.2 Å². The predicted octanol–water partition coefficient (Wildman–Crippen LogP) is 6.56. The van der Waals surface area contributed by atoms with Gasteiger partial charge in [0, 0.05) is 5.69 Å². The van der Waals surface area contributed by atoms with E-state index in [9.17, 15) is 14.7 Å². The van der Waals surface area contributed by atoms with Crippen LogP contribution in [0.1, 0.15) is 20.7 Å². The van der Waals surface area contributed by atoms with Crippen LogP contribution in [-0.4, -0.2) is 17.0 Å². The van der Waals surface area contributed by atoms with Crippen molar-refractivity contribution in [3.05, 3.63) is 59.5 Å². The van der Waals surface area contributed by atoms with Crippen LogP contribution in [0, 0.1) is 0 Å². The molecule has 24 heavy (non-hydrogen) atoms. The fraction of sp³-hybridized carbons (Fsp3) is 0. The van der Waals surface area contributed by atoms with Gasteiger partial charge >= 0.3 is 5.97 Å². The smallest absolute Gasteiger partial charge is 0.338 e. The molecule has 126 valence electrons. The second-order valence-corrected chi connectivity index (χ2v) is 6.72. The number of amides is 1. The zero-order valence-electron chi connectivity index (χ0n) is 11.3. The Morgan fingerprint density at radius 2 is 1.33 bits per heavy atom. The van der Waals surface area contributed by atoms with Gasteiger partial charge in [0.15, 0.2) is 0 Å².